The highest BCUT2D eigenvalue weighted by Crippen LogP contribution is 2.66. The highest BCUT2D eigenvalue weighted by molar-refractivity contribution is 9.09. The normalized spacial score (nSPS) is 34.6. The SMILES string of the molecule is COCC12OC3c4c(C)cc5c(OC)c6c(c(O)c5c4O[C@](OC)(C3O1)[C@@]2(O)CBr)C(=O)CCC6. The van der Waals surface area contributed by atoms with Crippen LogP contribution in [0.1, 0.15) is 46.0 Å². The lowest BCUT2D eigenvalue weighted by Gasteiger charge is -2.53. The number of alkyl halides is 1. The molecule has 2 bridgehead atoms. The second kappa shape index (κ2) is 7.53. The van der Waals surface area contributed by atoms with Gasteiger partial charge in [0.05, 0.1) is 18.1 Å². The van der Waals surface area contributed by atoms with Crippen molar-refractivity contribution in [2.75, 3.05) is 33.3 Å². The summed E-state index contributed by atoms with van der Waals surface area (Å²) in [4.78, 5) is 12.9. The minimum Gasteiger partial charge on any atom is -0.506 e. The van der Waals surface area contributed by atoms with Gasteiger partial charge in [0.25, 0.3) is 5.79 Å². The summed E-state index contributed by atoms with van der Waals surface area (Å²) in [5.41, 5.74) is 0.635. The third-order valence-corrected chi connectivity index (χ3v) is 8.81. The molecule has 2 fully saturated rings. The van der Waals surface area contributed by atoms with Gasteiger partial charge in [-0.1, -0.05) is 15.9 Å². The molecule has 0 radical (unpaired) electrons. The molecule has 0 amide bonds. The van der Waals surface area contributed by atoms with Crippen LogP contribution in [0.5, 0.6) is 17.2 Å². The van der Waals surface area contributed by atoms with Crippen molar-refractivity contribution in [2.45, 2.75) is 55.6 Å². The molecule has 0 saturated carbocycles. The Hall–Kier alpha value is -1.95. The van der Waals surface area contributed by atoms with E-state index in [1.54, 1.807) is 7.11 Å². The summed E-state index contributed by atoms with van der Waals surface area (Å²) < 4.78 is 36.3. The first-order chi connectivity index (χ1) is 16.7. The number of methoxy groups -OCH3 is 3. The van der Waals surface area contributed by atoms with Crippen LogP contribution in [-0.2, 0) is 25.4 Å². The smallest absolute Gasteiger partial charge is 0.275 e. The van der Waals surface area contributed by atoms with Gasteiger partial charge in [0.1, 0.15) is 30.0 Å². The van der Waals surface area contributed by atoms with E-state index in [4.69, 9.17) is 28.4 Å². The van der Waals surface area contributed by atoms with Crippen LogP contribution in [0, 0.1) is 6.92 Å². The molecule has 4 aliphatic rings. The van der Waals surface area contributed by atoms with Gasteiger partial charge in [0, 0.05) is 42.5 Å². The van der Waals surface area contributed by atoms with Crippen LogP contribution in [0.15, 0.2) is 6.07 Å². The Morgan fingerprint density at radius 2 is 2.00 bits per heavy atom. The maximum Gasteiger partial charge on any atom is 0.275 e. The quantitative estimate of drug-likeness (QED) is 0.542. The van der Waals surface area contributed by atoms with Crippen molar-refractivity contribution in [3.63, 3.8) is 0 Å². The molecule has 188 valence electrons. The zero-order valence-electron chi connectivity index (χ0n) is 19.9. The van der Waals surface area contributed by atoms with Gasteiger partial charge in [-0.25, -0.2) is 0 Å². The Kier molecular flexibility index (Phi) is 5.05. The fraction of sp³-hybridized carbons (Fsp3) is 0.560. The lowest BCUT2D eigenvalue weighted by Crippen LogP contribution is -2.74. The summed E-state index contributed by atoms with van der Waals surface area (Å²) in [5.74, 6) is -2.72. The van der Waals surface area contributed by atoms with E-state index in [0.29, 0.717) is 46.9 Å². The van der Waals surface area contributed by atoms with Crippen molar-refractivity contribution >= 4 is 32.5 Å². The van der Waals surface area contributed by atoms with Crippen LogP contribution in [-0.4, -0.2) is 72.5 Å². The predicted molar refractivity (Wildman–Crippen MR) is 127 cm³/mol. The first-order valence-electron chi connectivity index (χ1n) is 11.5. The largest absolute Gasteiger partial charge is 0.506 e. The van der Waals surface area contributed by atoms with Crippen LogP contribution in [0.3, 0.4) is 0 Å². The summed E-state index contributed by atoms with van der Waals surface area (Å²) in [6, 6.07) is 1.91. The van der Waals surface area contributed by atoms with E-state index >= 15 is 0 Å². The number of aromatic hydroxyl groups is 1. The molecular weight excluding hydrogens is 524 g/mol. The number of carbonyl (C=O) groups excluding carboxylic acids is 1. The number of phenols is 1. The average molecular weight is 551 g/mol. The van der Waals surface area contributed by atoms with E-state index < -0.39 is 29.4 Å². The van der Waals surface area contributed by atoms with Crippen molar-refractivity contribution in [1.29, 1.82) is 0 Å². The molecule has 2 N–H and O–H groups in total. The van der Waals surface area contributed by atoms with Crippen LogP contribution in [0.2, 0.25) is 0 Å². The number of aryl methyl sites for hydroxylation is 1. The van der Waals surface area contributed by atoms with E-state index in [2.05, 4.69) is 15.9 Å². The van der Waals surface area contributed by atoms with Crippen molar-refractivity contribution < 1.29 is 43.4 Å². The maximum atomic E-state index is 12.9. The van der Waals surface area contributed by atoms with E-state index in [9.17, 15) is 15.0 Å². The molecule has 2 aromatic rings. The van der Waals surface area contributed by atoms with E-state index in [-0.39, 0.29) is 34.8 Å². The standard InChI is InChI=1S/C25H27BrO9/c1-11-8-13-17(18(28)16-12(19(13)31-3)6-5-7-14(16)27)20-15(11)21-22-25(32-4,34-20)23(29,9-26)24(33-21,35-22)10-30-2/h8,21-22,28-29H,5-7,9-10H2,1-4H3/t21?,22?,23-,24?,25-/m1/s1. The first-order valence-corrected chi connectivity index (χ1v) is 12.7. The molecule has 1 aliphatic carbocycles. The van der Waals surface area contributed by atoms with Crippen molar-refractivity contribution in [2.24, 2.45) is 0 Å². The average Bonchev–Trinajstić information content (AvgIpc) is 3.32. The molecule has 0 aromatic heterocycles. The van der Waals surface area contributed by atoms with Crippen molar-refractivity contribution in [1.82, 2.24) is 0 Å². The Balaban J connectivity index is 1.70. The predicted octanol–water partition coefficient (Wildman–Crippen LogP) is 3.06. The molecule has 2 aromatic carbocycles. The highest BCUT2D eigenvalue weighted by atomic mass is 79.9. The number of ketones is 1. The number of hydrogen-bond donors (Lipinski definition) is 2. The Bertz CT molecular complexity index is 1280. The maximum absolute atomic E-state index is 12.9. The summed E-state index contributed by atoms with van der Waals surface area (Å²) in [5, 5.41) is 24.4. The topological polar surface area (TPSA) is 113 Å². The zero-order valence-corrected chi connectivity index (χ0v) is 21.5. The van der Waals surface area contributed by atoms with E-state index in [0.717, 1.165) is 5.56 Å². The number of carbonyl (C=O) groups is 1. The van der Waals surface area contributed by atoms with Gasteiger partial charge in [-0.2, -0.15) is 0 Å². The number of hydrogen-bond acceptors (Lipinski definition) is 9. The first kappa shape index (κ1) is 23.4. The van der Waals surface area contributed by atoms with Gasteiger partial charge in [-0.05, 0) is 31.4 Å². The molecule has 6 rings (SSSR count). The van der Waals surface area contributed by atoms with Crippen molar-refractivity contribution in [3.05, 3.63) is 28.3 Å². The monoisotopic (exact) mass is 550 g/mol. The highest BCUT2D eigenvalue weighted by Gasteiger charge is 2.84. The van der Waals surface area contributed by atoms with Crippen molar-refractivity contribution in [3.8, 4) is 17.2 Å². The molecule has 0 spiro atoms. The Morgan fingerprint density at radius 1 is 1.23 bits per heavy atom. The number of aliphatic hydroxyl groups is 1. The van der Waals surface area contributed by atoms with Gasteiger partial charge in [-0.3, -0.25) is 4.79 Å². The Labute approximate surface area is 210 Å². The molecule has 10 heteroatoms. The van der Waals surface area contributed by atoms with Crippen LogP contribution >= 0.6 is 15.9 Å². The van der Waals surface area contributed by atoms with Gasteiger partial charge < -0.3 is 38.6 Å². The second-order valence-corrected chi connectivity index (χ2v) is 10.2. The molecule has 3 aliphatic heterocycles. The molecule has 35 heavy (non-hydrogen) atoms. The van der Waals surface area contributed by atoms with Crippen LogP contribution < -0.4 is 9.47 Å². The number of ether oxygens (including phenoxy) is 6. The zero-order chi connectivity index (χ0) is 24.9. The van der Waals surface area contributed by atoms with Crippen LogP contribution in [0.4, 0.5) is 0 Å². The van der Waals surface area contributed by atoms with Gasteiger partial charge in [0.15, 0.2) is 17.5 Å². The molecule has 9 nitrogen and oxygen atoms in total. The van der Waals surface area contributed by atoms with E-state index in [1.165, 1.54) is 14.2 Å². The molecule has 3 unspecified atom stereocenters. The summed E-state index contributed by atoms with van der Waals surface area (Å²) in [6.45, 7) is 1.86. The molecule has 2 saturated heterocycles. The van der Waals surface area contributed by atoms with E-state index in [1.807, 2.05) is 13.0 Å². The minimum absolute atomic E-state index is 0.00267. The number of rotatable bonds is 5. The number of Topliss-reactive ketones (excluding diaryl/α,β-unsaturated/α-hetero) is 1. The summed E-state index contributed by atoms with van der Waals surface area (Å²) >= 11 is 3.40. The fourth-order valence-corrected chi connectivity index (χ4v) is 7.30. The number of phenolic OH excluding ortho intramolecular Hbond substituents is 1. The number of halogens is 1. The van der Waals surface area contributed by atoms with Crippen LogP contribution in [0.25, 0.3) is 10.8 Å². The molecule has 5 atom stereocenters. The van der Waals surface area contributed by atoms with Gasteiger partial charge in [0.2, 0.25) is 5.79 Å². The van der Waals surface area contributed by atoms with Gasteiger partial charge in [-0.15, -0.1) is 0 Å². The lowest BCUT2D eigenvalue weighted by molar-refractivity contribution is -0.351. The number of benzene rings is 2. The summed E-state index contributed by atoms with van der Waals surface area (Å²) in [6.07, 6.45) is 0.176. The van der Waals surface area contributed by atoms with Gasteiger partial charge >= 0.3 is 0 Å². The number of fused-ring (bicyclic) bond motifs is 6. The third-order valence-electron chi connectivity index (χ3n) is 7.99. The summed E-state index contributed by atoms with van der Waals surface area (Å²) in [7, 11) is 4.48. The molecular formula is C25H27BrO9. The third kappa shape index (κ3) is 2.53. The minimum atomic E-state index is -1.80. The Morgan fingerprint density at radius 3 is 2.66 bits per heavy atom. The second-order valence-electron chi connectivity index (χ2n) is 9.60. The fourth-order valence-electron chi connectivity index (χ4n) is 6.48. The molecule has 3 heterocycles. The lowest BCUT2D eigenvalue weighted by atomic mass is 9.76.